The Morgan fingerprint density at radius 3 is 2.55 bits per heavy atom. The lowest BCUT2D eigenvalue weighted by Crippen LogP contribution is -2.14. The van der Waals surface area contributed by atoms with Crippen LogP contribution >= 0.6 is 11.6 Å². The highest BCUT2D eigenvalue weighted by molar-refractivity contribution is 6.39. The molecule has 2 heterocycles. The molecule has 2 aromatic heterocycles. The third-order valence-corrected chi connectivity index (χ3v) is 4.79. The topological polar surface area (TPSA) is 103 Å². The molecule has 0 saturated carbocycles. The number of benzene rings is 2. The second-order valence-corrected chi connectivity index (χ2v) is 6.62. The van der Waals surface area contributed by atoms with Crippen molar-refractivity contribution in [3.05, 3.63) is 87.2 Å². The number of aryl methyl sites for hydroxylation is 1. The van der Waals surface area contributed by atoms with Crippen molar-refractivity contribution in [1.82, 2.24) is 14.8 Å². The van der Waals surface area contributed by atoms with Crippen LogP contribution in [0.2, 0.25) is 5.02 Å². The molecule has 4 aromatic rings. The van der Waals surface area contributed by atoms with E-state index in [1.807, 2.05) is 30.3 Å². The number of halogens is 1. The molecule has 0 fully saturated rings. The molecular formula is C20H14ClN5O3. The number of nitrogens with zero attached hydrogens (tertiary/aromatic N) is 4. The second-order valence-electron chi connectivity index (χ2n) is 6.25. The SMILES string of the molecule is Cc1nn(-c2ccccc2)c2ncc(C(=O)Nc3ccccc3[N+](=O)[O-])c(Cl)c12. The van der Waals surface area contributed by atoms with E-state index in [-0.39, 0.29) is 22.0 Å². The Morgan fingerprint density at radius 1 is 1.14 bits per heavy atom. The molecule has 0 aliphatic rings. The molecule has 0 aliphatic carbocycles. The van der Waals surface area contributed by atoms with Gasteiger partial charge in [-0.05, 0) is 25.1 Å². The van der Waals surface area contributed by atoms with Gasteiger partial charge in [-0.15, -0.1) is 0 Å². The highest BCUT2D eigenvalue weighted by Gasteiger charge is 2.22. The first-order valence-electron chi connectivity index (χ1n) is 8.61. The first-order chi connectivity index (χ1) is 14.0. The van der Waals surface area contributed by atoms with E-state index in [1.165, 1.54) is 24.4 Å². The smallest absolute Gasteiger partial charge is 0.292 e. The van der Waals surface area contributed by atoms with Crippen LogP contribution < -0.4 is 5.32 Å². The van der Waals surface area contributed by atoms with Gasteiger partial charge in [0.15, 0.2) is 5.65 Å². The Hall–Kier alpha value is -3.78. The standard InChI is InChI=1S/C20H14ClN5O3/c1-12-17-18(21)14(20(27)23-15-9-5-6-10-16(15)26(28)29)11-22-19(17)25(24-12)13-7-3-2-4-8-13/h2-11H,1H3,(H,23,27). The summed E-state index contributed by atoms with van der Waals surface area (Å²) < 4.78 is 1.65. The quantitative estimate of drug-likeness (QED) is 0.395. The van der Waals surface area contributed by atoms with Gasteiger partial charge in [-0.25, -0.2) is 9.67 Å². The van der Waals surface area contributed by atoms with Gasteiger partial charge in [-0.1, -0.05) is 41.9 Å². The average Bonchev–Trinajstić information content (AvgIpc) is 3.06. The summed E-state index contributed by atoms with van der Waals surface area (Å²) in [7, 11) is 0. The van der Waals surface area contributed by atoms with Crippen LogP contribution in [0.1, 0.15) is 16.1 Å². The number of nitro benzene ring substituents is 1. The van der Waals surface area contributed by atoms with Crippen molar-refractivity contribution in [1.29, 1.82) is 0 Å². The number of para-hydroxylation sites is 3. The summed E-state index contributed by atoms with van der Waals surface area (Å²) in [6, 6.07) is 15.3. The predicted molar refractivity (Wildman–Crippen MR) is 110 cm³/mol. The number of fused-ring (bicyclic) bond motifs is 1. The lowest BCUT2D eigenvalue weighted by molar-refractivity contribution is -0.383. The Morgan fingerprint density at radius 2 is 1.83 bits per heavy atom. The second kappa shape index (κ2) is 7.33. The summed E-state index contributed by atoms with van der Waals surface area (Å²) in [5.41, 5.74) is 1.91. The summed E-state index contributed by atoms with van der Waals surface area (Å²) in [6.07, 6.45) is 1.34. The minimum absolute atomic E-state index is 0.0790. The summed E-state index contributed by atoms with van der Waals surface area (Å²) in [6.45, 7) is 1.78. The maximum atomic E-state index is 12.8. The average molecular weight is 408 g/mol. The van der Waals surface area contributed by atoms with Gasteiger partial charge in [-0.3, -0.25) is 14.9 Å². The van der Waals surface area contributed by atoms with Crippen LogP contribution in [0.3, 0.4) is 0 Å². The van der Waals surface area contributed by atoms with Crippen molar-refractivity contribution < 1.29 is 9.72 Å². The van der Waals surface area contributed by atoms with Crippen molar-refractivity contribution in [2.24, 2.45) is 0 Å². The highest BCUT2D eigenvalue weighted by atomic mass is 35.5. The molecule has 0 saturated heterocycles. The third-order valence-electron chi connectivity index (χ3n) is 4.40. The van der Waals surface area contributed by atoms with Crippen molar-refractivity contribution >= 4 is 39.9 Å². The van der Waals surface area contributed by atoms with Crippen molar-refractivity contribution in [2.75, 3.05) is 5.32 Å². The van der Waals surface area contributed by atoms with Gasteiger partial charge >= 0.3 is 0 Å². The molecule has 0 radical (unpaired) electrons. The minimum atomic E-state index is -0.592. The largest absolute Gasteiger partial charge is 0.316 e. The molecule has 0 spiro atoms. The van der Waals surface area contributed by atoms with E-state index in [2.05, 4.69) is 15.4 Å². The van der Waals surface area contributed by atoms with E-state index in [1.54, 1.807) is 17.7 Å². The number of aromatic nitrogens is 3. The lowest BCUT2D eigenvalue weighted by atomic mass is 10.2. The van der Waals surface area contributed by atoms with Crippen molar-refractivity contribution in [2.45, 2.75) is 6.92 Å². The van der Waals surface area contributed by atoms with Gasteiger partial charge in [0.1, 0.15) is 5.69 Å². The zero-order valence-corrected chi connectivity index (χ0v) is 15.9. The van der Waals surface area contributed by atoms with E-state index in [4.69, 9.17) is 11.6 Å². The van der Waals surface area contributed by atoms with Crippen molar-refractivity contribution in [3.63, 3.8) is 0 Å². The number of hydrogen-bond donors (Lipinski definition) is 1. The molecule has 0 aliphatic heterocycles. The molecule has 4 rings (SSSR count). The van der Waals surface area contributed by atoms with Crippen LogP contribution in [0, 0.1) is 17.0 Å². The van der Waals surface area contributed by atoms with E-state index >= 15 is 0 Å². The zero-order chi connectivity index (χ0) is 20.5. The Balaban J connectivity index is 1.76. The van der Waals surface area contributed by atoms with Crippen LogP contribution in [0.5, 0.6) is 0 Å². The number of carbonyl (C=O) groups excluding carboxylic acids is 1. The number of nitrogens with one attached hydrogen (secondary N) is 1. The molecule has 9 heteroatoms. The predicted octanol–water partition coefficient (Wildman–Crippen LogP) is 4.54. The summed E-state index contributed by atoms with van der Waals surface area (Å²) in [5, 5.41) is 18.9. The van der Waals surface area contributed by atoms with E-state index in [0.717, 1.165) is 5.69 Å². The van der Waals surface area contributed by atoms with Crippen molar-refractivity contribution in [3.8, 4) is 5.69 Å². The fraction of sp³-hybridized carbons (Fsp3) is 0.0500. The number of amides is 1. The van der Waals surface area contributed by atoms with Gasteiger partial charge in [0.25, 0.3) is 11.6 Å². The Labute approximate surface area is 169 Å². The fourth-order valence-electron chi connectivity index (χ4n) is 3.04. The lowest BCUT2D eigenvalue weighted by Gasteiger charge is -2.08. The van der Waals surface area contributed by atoms with Crippen LogP contribution in [-0.4, -0.2) is 25.6 Å². The number of rotatable bonds is 4. The summed E-state index contributed by atoms with van der Waals surface area (Å²) in [4.78, 5) is 27.7. The molecule has 29 heavy (non-hydrogen) atoms. The Bertz CT molecular complexity index is 1250. The molecular weight excluding hydrogens is 394 g/mol. The molecule has 0 unspecified atom stereocenters. The van der Waals surface area contributed by atoms with E-state index in [9.17, 15) is 14.9 Å². The number of hydrogen-bond acceptors (Lipinski definition) is 5. The molecule has 144 valence electrons. The third kappa shape index (κ3) is 3.30. The number of carbonyl (C=O) groups is 1. The van der Waals surface area contributed by atoms with E-state index < -0.39 is 10.8 Å². The summed E-state index contributed by atoms with van der Waals surface area (Å²) in [5.74, 6) is -0.592. The van der Waals surface area contributed by atoms with Crippen LogP contribution in [0.15, 0.2) is 60.8 Å². The fourth-order valence-corrected chi connectivity index (χ4v) is 3.40. The summed E-state index contributed by atoms with van der Waals surface area (Å²) >= 11 is 6.52. The van der Waals surface area contributed by atoms with E-state index in [0.29, 0.717) is 16.7 Å². The minimum Gasteiger partial charge on any atom is -0.316 e. The normalized spacial score (nSPS) is 10.8. The maximum Gasteiger partial charge on any atom is 0.292 e. The Kier molecular flexibility index (Phi) is 4.69. The monoisotopic (exact) mass is 407 g/mol. The highest BCUT2D eigenvalue weighted by Crippen LogP contribution is 2.31. The molecule has 8 nitrogen and oxygen atoms in total. The number of pyridine rings is 1. The van der Waals surface area contributed by atoms with Gasteiger partial charge < -0.3 is 5.32 Å². The zero-order valence-electron chi connectivity index (χ0n) is 15.2. The van der Waals surface area contributed by atoms with Crippen LogP contribution in [-0.2, 0) is 0 Å². The van der Waals surface area contributed by atoms with Crippen LogP contribution in [0.25, 0.3) is 16.7 Å². The maximum absolute atomic E-state index is 12.8. The van der Waals surface area contributed by atoms with Gasteiger partial charge in [0.2, 0.25) is 0 Å². The molecule has 1 N–H and O–H groups in total. The van der Waals surface area contributed by atoms with Crippen LogP contribution in [0.4, 0.5) is 11.4 Å². The molecule has 1 amide bonds. The van der Waals surface area contributed by atoms with Gasteiger partial charge in [0, 0.05) is 12.3 Å². The van der Waals surface area contributed by atoms with Gasteiger partial charge in [-0.2, -0.15) is 5.10 Å². The molecule has 0 bridgehead atoms. The number of anilines is 1. The first-order valence-corrected chi connectivity index (χ1v) is 8.99. The van der Waals surface area contributed by atoms with Gasteiger partial charge in [0.05, 0.1) is 32.3 Å². The molecule has 2 aromatic carbocycles. The molecule has 0 atom stereocenters. The number of nitro groups is 1. The first kappa shape index (κ1) is 18.6.